The van der Waals surface area contributed by atoms with Gasteiger partial charge in [-0.05, 0) is 44.4 Å². The third-order valence-electron chi connectivity index (χ3n) is 5.92. The summed E-state index contributed by atoms with van der Waals surface area (Å²) in [6, 6.07) is 4.07. The number of pyridine rings is 1. The fourth-order valence-electron chi connectivity index (χ4n) is 4.28. The number of nitrogens with zero attached hydrogens (tertiary/aromatic N) is 1. The maximum Gasteiger partial charge on any atom is 0.417 e. The van der Waals surface area contributed by atoms with Crippen molar-refractivity contribution < 1.29 is 13.2 Å². The van der Waals surface area contributed by atoms with Gasteiger partial charge >= 0.3 is 6.18 Å². The monoisotopic (exact) mass is 440 g/mol. The molecule has 0 saturated carbocycles. The number of rotatable bonds is 9. The molecule has 0 aliphatic heterocycles. The van der Waals surface area contributed by atoms with E-state index in [1.165, 1.54) is 19.3 Å². The second-order valence-electron chi connectivity index (χ2n) is 7.95. The summed E-state index contributed by atoms with van der Waals surface area (Å²) in [6.07, 6.45) is 3.25. The number of nitrogens with one attached hydrogen (secondary N) is 1. The number of aryl methyl sites for hydroxylation is 2. The van der Waals surface area contributed by atoms with E-state index in [9.17, 15) is 18.0 Å². The Morgan fingerprint density at radius 1 is 0.967 bits per heavy atom. The Morgan fingerprint density at radius 2 is 1.60 bits per heavy atom. The van der Waals surface area contributed by atoms with E-state index in [1.807, 2.05) is 19.9 Å². The number of hydrogen-bond acceptors (Lipinski definition) is 1. The molecule has 0 amide bonds. The van der Waals surface area contributed by atoms with Crippen molar-refractivity contribution in [2.45, 2.75) is 71.5 Å². The molecule has 0 aliphatic carbocycles. The molecular weight excluding hydrogens is 413 g/mol. The SMILES string of the molecule is Cc1c(C)n(CCCCCCCCCCl)c2ccc3[nH]c(=O)cc(C(F)(F)F)c3c12. The highest BCUT2D eigenvalue weighted by atomic mass is 35.5. The Bertz CT molecular complexity index is 1080. The molecule has 3 nitrogen and oxygen atoms in total. The summed E-state index contributed by atoms with van der Waals surface area (Å²) in [4.78, 5) is 14.3. The normalized spacial score (nSPS) is 12.3. The Morgan fingerprint density at radius 3 is 2.23 bits per heavy atom. The first kappa shape index (κ1) is 22.7. The quantitative estimate of drug-likeness (QED) is 0.280. The van der Waals surface area contributed by atoms with Crippen LogP contribution in [0, 0.1) is 13.8 Å². The number of alkyl halides is 4. The largest absolute Gasteiger partial charge is 0.417 e. The Labute approximate surface area is 179 Å². The van der Waals surface area contributed by atoms with Crippen molar-refractivity contribution in [3.05, 3.63) is 45.4 Å². The zero-order valence-corrected chi connectivity index (χ0v) is 18.2. The molecule has 0 unspecified atom stereocenters. The lowest BCUT2D eigenvalue weighted by Gasteiger charge is -2.12. The maximum absolute atomic E-state index is 13.7. The van der Waals surface area contributed by atoms with E-state index < -0.39 is 17.3 Å². The third kappa shape index (κ3) is 4.69. The van der Waals surface area contributed by atoms with Gasteiger partial charge in [-0.1, -0.05) is 32.1 Å². The topological polar surface area (TPSA) is 37.8 Å². The zero-order valence-electron chi connectivity index (χ0n) is 17.5. The molecule has 0 bridgehead atoms. The van der Waals surface area contributed by atoms with Crippen LogP contribution in [0.3, 0.4) is 0 Å². The predicted octanol–water partition coefficient (Wildman–Crippen LogP) is 7.09. The fraction of sp³-hybridized carbons (Fsp3) is 0.522. The second kappa shape index (κ2) is 9.46. The van der Waals surface area contributed by atoms with E-state index in [-0.39, 0.29) is 10.9 Å². The maximum atomic E-state index is 13.7. The van der Waals surface area contributed by atoms with Crippen molar-refractivity contribution in [1.82, 2.24) is 9.55 Å². The highest BCUT2D eigenvalue weighted by Crippen LogP contribution is 2.39. The second-order valence-corrected chi connectivity index (χ2v) is 8.33. The van der Waals surface area contributed by atoms with Crippen molar-refractivity contribution in [2.75, 3.05) is 5.88 Å². The Hall–Kier alpha value is -1.95. The van der Waals surface area contributed by atoms with Crippen LogP contribution >= 0.6 is 11.6 Å². The van der Waals surface area contributed by atoms with Crippen LogP contribution in [-0.2, 0) is 12.7 Å². The van der Waals surface area contributed by atoms with Crippen LogP contribution in [-0.4, -0.2) is 15.4 Å². The summed E-state index contributed by atoms with van der Waals surface area (Å²) in [5, 5.41) is 0.660. The number of fused-ring (bicyclic) bond motifs is 3. The number of aromatic nitrogens is 2. The number of H-pyrrole nitrogens is 1. The molecule has 30 heavy (non-hydrogen) atoms. The van der Waals surface area contributed by atoms with E-state index in [1.54, 1.807) is 6.07 Å². The van der Waals surface area contributed by atoms with Gasteiger partial charge < -0.3 is 9.55 Å². The molecule has 2 aromatic heterocycles. The summed E-state index contributed by atoms with van der Waals surface area (Å²) >= 11 is 5.69. The molecule has 164 valence electrons. The van der Waals surface area contributed by atoms with Gasteiger partial charge in [0, 0.05) is 46.0 Å². The summed E-state index contributed by atoms with van der Waals surface area (Å²) in [5.41, 5.74) is 1.20. The van der Waals surface area contributed by atoms with Crippen molar-refractivity contribution in [3.63, 3.8) is 0 Å². The fourth-order valence-corrected chi connectivity index (χ4v) is 4.47. The molecule has 2 heterocycles. The lowest BCUT2D eigenvalue weighted by Crippen LogP contribution is -2.14. The molecule has 0 fully saturated rings. The average Bonchev–Trinajstić information content (AvgIpc) is 2.93. The molecule has 0 radical (unpaired) electrons. The Balaban J connectivity index is 1.90. The van der Waals surface area contributed by atoms with Gasteiger partial charge in [-0.25, -0.2) is 0 Å². The minimum atomic E-state index is -4.59. The Kier molecular flexibility index (Phi) is 7.17. The standard InChI is InChI=1S/C23H28ClF3N2O/c1-15-16(2)29(13-9-7-5-3-4-6-8-12-24)19-11-10-18-22(21(15)19)17(23(25,26)27)14-20(30)28-18/h10-11,14H,3-9,12-13H2,1-2H3,(H,28,30). The van der Waals surface area contributed by atoms with Crippen LogP contribution in [0.5, 0.6) is 0 Å². The summed E-state index contributed by atoms with van der Waals surface area (Å²) in [7, 11) is 0. The number of aromatic amines is 1. The molecule has 1 N–H and O–H groups in total. The van der Waals surface area contributed by atoms with Crippen molar-refractivity contribution in [3.8, 4) is 0 Å². The predicted molar refractivity (Wildman–Crippen MR) is 118 cm³/mol. The van der Waals surface area contributed by atoms with Crippen LogP contribution < -0.4 is 5.56 Å². The third-order valence-corrected chi connectivity index (χ3v) is 6.19. The van der Waals surface area contributed by atoms with Gasteiger partial charge in [-0.2, -0.15) is 13.2 Å². The molecule has 3 rings (SSSR count). The molecule has 0 saturated heterocycles. The van der Waals surface area contributed by atoms with E-state index in [2.05, 4.69) is 9.55 Å². The first-order valence-electron chi connectivity index (χ1n) is 10.5. The van der Waals surface area contributed by atoms with Gasteiger partial charge in [-0.15, -0.1) is 11.6 Å². The number of benzene rings is 1. The van der Waals surface area contributed by atoms with E-state index in [0.717, 1.165) is 54.9 Å². The van der Waals surface area contributed by atoms with E-state index in [0.29, 0.717) is 11.5 Å². The van der Waals surface area contributed by atoms with Crippen LogP contribution in [0.15, 0.2) is 23.0 Å². The van der Waals surface area contributed by atoms with Crippen LogP contribution in [0.1, 0.15) is 61.8 Å². The highest BCUT2D eigenvalue weighted by molar-refractivity contribution is 6.17. The van der Waals surface area contributed by atoms with Gasteiger partial charge in [0.25, 0.3) is 0 Å². The zero-order chi connectivity index (χ0) is 21.9. The van der Waals surface area contributed by atoms with Gasteiger partial charge in [0.1, 0.15) is 0 Å². The lowest BCUT2D eigenvalue weighted by molar-refractivity contribution is -0.136. The minimum Gasteiger partial charge on any atom is -0.345 e. The van der Waals surface area contributed by atoms with Crippen molar-refractivity contribution in [1.29, 1.82) is 0 Å². The molecule has 3 aromatic rings. The first-order valence-corrected chi connectivity index (χ1v) is 11.1. The molecule has 0 spiro atoms. The summed E-state index contributed by atoms with van der Waals surface area (Å²) < 4.78 is 43.2. The van der Waals surface area contributed by atoms with Gasteiger partial charge in [0.05, 0.1) is 5.56 Å². The van der Waals surface area contributed by atoms with Crippen molar-refractivity contribution >= 4 is 33.4 Å². The smallest absolute Gasteiger partial charge is 0.345 e. The van der Waals surface area contributed by atoms with Crippen LogP contribution in [0.25, 0.3) is 21.8 Å². The molecular formula is C23H28ClF3N2O. The van der Waals surface area contributed by atoms with E-state index >= 15 is 0 Å². The number of halogens is 4. The molecule has 7 heteroatoms. The van der Waals surface area contributed by atoms with Crippen LogP contribution in [0.4, 0.5) is 13.2 Å². The molecule has 1 aromatic carbocycles. The summed E-state index contributed by atoms with van der Waals surface area (Å²) in [5.74, 6) is 0.720. The average molecular weight is 441 g/mol. The van der Waals surface area contributed by atoms with Gasteiger partial charge in [-0.3, -0.25) is 4.79 Å². The summed E-state index contributed by atoms with van der Waals surface area (Å²) in [6.45, 7) is 4.58. The van der Waals surface area contributed by atoms with E-state index in [4.69, 9.17) is 11.6 Å². The van der Waals surface area contributed by atoms with Crippen LogP contribution in [0.2, 0.25) is 0 Å². The lowest BCUT2D eigenvalue weighted by atomic mass is 10.0. The first-order chi connectivity index (χ1) is 14.3. The highest BCUT2D eigenvalue weighted by Gasteiger charge is 2.34. The van der Waals surface area contributed by atoms with Crippen molar-refractivity contribution in [2.24, 2.45) is 0 Å². The molecule has 0 aliphatic rings. The van der Waals surface area contributed by atoms with Gasteiger partial charge in [0.15, 0.2) is 0 Å². The van der Waals surface area contributed by atoms with Gasteiger partial charge in [0.2, 0.25) is 5.56 Å². The minimum absolute atomic E-state index is 0.0817. The molecule has 0 atom stereocenters. The number of hydrogen-bond donors (Lipinski definition) is 1. The number of unbranched alkanes of at least 4 members (excludes halogenated alkanes) is 6.